The molecular weight excluding hydrogens is 346 g/mol. The van der Waals surface area contributed by atoms with Gasteiger partial charge < -0.3 is 20.1 Å². The smallest absolute Gasteiger partial charge is 0.191 e. The van der Waals surface area contributed by atoms with Crippen molar-refractivity contribution in [2.75, 3.05) is 31.6 Å². The van der Waals surface area contributed by atoms with Crippen LogP contribution in [-0.4, -0.2) is 43.8 Å². The van der Waals surface area contributed by atoms with Gasteiger partial charge in [-0.15, -0.1) is 11.3 Å². The van der Waals surface area contributed by atoms with Gasteiger partial charge in [0, 0.05) is 44.2 Å². The molecule has 26 heavy (non-hydrogen) atoms. The number of hydrogen-bond donors (Lipinski definition) is 2. The van der Waals surface area contributed by atoms with Crippen molar-refractivity contribution < 1.29 is 4.52 Å². The summed E-state index contributed by atoms with van der Waals surface area (Å²) in [6, 6.07) is 4.79. The maximum atomic E-state index is 5.28. The molecule has 0 radical (unpaired) electrons. The number of anilines is 1. The molecule has 3 heterocycles. The average Bonchev–Trinajstić information content (AvgIpc) is 3.29. The first-order valence-electron chi connectivity index (χ1n) is 9.27. The highest BCUT2D eigenvalue weighted by Crippen LogP contribution is 2.25. The van der Waals surface area contributed by atoms with E-state index in [0.717, 1.165) is 49.9 Å². The Bertz CT molecular complexity index is 697. The molecule has 142 valence electrons. The Kier molecular flexibility index (Phi) is 6.19. The van der Waals surface area contributed by atoms with Crippen molar-refractivity contribution in [1.29, 1.82) is 0 Å². The highest BCUT2D eigenvalue weighted by atomic mass is 32.1. The first-order chi connectivity index (χ1) is 12.6. The summed E-state index contributed by atoms with van der Waals surface area (Å²) in [5, 5.41) is 14.6. The highest BCUT2D eigenvalue weighted by Gasteiger charge is 2.21. The molecule has 1 aliphatic rings. The van der Waals surface area contributed by atoms with Crippen LogP contribution < -0.4 is 15.5 Å². The number of guanidine groups is 1. The number of hydrogen-bond acceptors (Lipinski definition) is 5. The van der Waals surface area contributed by atoms with Gasteiger partial charge in [0.15, 0.2) is 5.96 Å². The predicted molar refractivity (Wildman–Crippen MR) is 108 cm³/mol. The normalized spacial score (nSPS) is 17.4. The van der Waals surface area contributed by atoms with Crippen LogP contribution in [0.1, 0.15) is 42.7 Å². The maximum absolute atomic E-state index is 5.28. The Hall–Kier alpha value is -2.02. The molecule has 0 bridgehead atoms. The Labute approximate surface area is 159 Å². The second-order valence-electron chi connectivity index (χ2n) is 6.95. The van der Waals surface area contributed by atoms with Crippen molar-refractivity contribution >= 4 is 22.3 Å². The zero-order valence-electron chi connectivity index (χ0n) is 16.1. The number of aromatic nitrogens is 1. The van der Waals surface area contributed by atoms with Crippen molar-refractivity contribution in [2.24, 2.45) is 4.99 Å². The summed E-state index contributed by atoms with van der Waals surface area (Å²) in [4.78, 5) is 6.86. The number of aliphatic imine (C=N–C) groups is 1. The Balaban J connectivity index is 1.47. The molecule has 0 saturated carbocycles. The molecule has 1 atom stereocenters. The van der Waals surface area contributed by atoms with Crippen LogP contribution in [0.4, 0.5) is 5.00 Å². The van der Waals surface area contributed by atoms with Gasteiger partial charge in [-0.25, -0.2) is 0 Å². The van der Waals surface area contributed by atoms with E-state index >= 15 is 0 Å². The van der Waals surface area contributed by atoms with Gasteiger partial charge in [-0.05, 0) is 44.2 Å². The monoisotopic (exact) mass is 375 g/mol. The SMILES string of the molecule is CN=C(NCC(C)c1c(C)noc1C)NC1CCN(c2cccs2)CC1. The third-order valence-electron chi connectivity index (χ3n) is 5.03. The van der Waals surface area contributed by atoms with Crippen LogP contribution >= 0.6 is 11.3 Å². The average molecular weight is 376 g/mol. The van der Waals surface area contributed by atoms with E-state index in [1.807, 2.05) is 32.2 Å². The zero-order valence-corrected chi connectivity index (χ0v) is 16.9. The molecule has 3 rings (SSSR count). The predicted octanol–water partition coefficient (Wildman–Crippen LogP) is 3.29. The fourth-order valence-corrected chi connectivity index (χ4v) is 4.41. The molecule has 1 unspecified atom stereocenters. The molecule has 7 heteroatoms. The van der Waals surface area contributed by atoms with Crippen molar-refractivity contribution in [1.82, 2.24) is 15.8 Å². The van der Waals surface area contributed by atoms with Crippen LogP contribution in [0.25, 0.3) is 0 Å². The molecule has 1 aliphatic heterocycles. The fraction of sp³-hybridized carbons (Fsp3) is 0.579. The molecule has 1 saturated heterocycles. The minimum atomic E-state index is 0.320. The van der Waals surface area contributed by atoms with E-state index in [0.29, 0.717) is 12.0 Å². The summed E-state index contributed by atoms with van der Waals surface area (Å²) >= 11 is 1.82. The van der Waals surface area contributed by atoms with E-state index in [1.54, 1.807) is 0 Å². The lowest BCUT2D eigenvalue weighted by atomic mass is 9.99. The molecule has 0 aromatic carbocycles. The number of rotatable bonds is 5. The summed E-state index contributed by atoms with van der Waals surface area (Å²) in [6.45, 7) is 9.13. The highest BCUT2D eigenvalue weighted by molar-refractivity contribution is 7.14. The first-order valence-corrected chi connectivity index (χ1v) is 10.1. The first kappa shape index (κ1) is 18.8. The molecular formula is C19H29N5OS. The maximum Gasteiger partial charge on any atom is 0.191 e. The fourth-order valence-electron chi connectivity index (χ4n) is 3.63. The van der Waals surface area contributed by atoms with Gasteiger partial charge in [0.05, 0.1) is 10.7 Å². The van der Waals surface area contributed by atoms with Gasteiger partial charge in [0.2, 0.25) is 0 Å². The summed E-state index contributed by atoms with van der Waals surface area (Å²) < 4.78 is 5.28. The van der Waals surface area contributed by atoms with E-state index < -0.39 is 0 Å². The number of thiophene rings is 1. The van der Waals surface area contributed by atoms with E-state index in [2.05, 4.69) is 50.1 Å². The standard InChI is InChI=1S/C19H29N5OS/c1-13(18-14(2)23-25-15(18)3)12-21-19(20-4)22-16-7-9-24(10-8-16)17-6-5-11-26-17/h5-6,11,13,16H,7-10,12H2,1-4H3,(H2,20,21,22). The summed E-state index contributed by atoms with van der Waals surface area (Å²) in [5.74, 6) is 2.10. The van der Waals surface area contributed by atoms with Crippen LogP contribution in [0.5, 0.6) is 0 Å². The molecule has 2 aromatic heterocycles. The Morgan fingerprint density at radius 3 is 2.77 bits per heavy atom. The van der Waals surface area contributed by atoms with E-state index in [-0.39, 0.29) is 0 Å². The number of piperidine rings is 1. The van der Waals surface area contributed by atoms with Crippen LogP contribution in [-0.2, 0) is 0 Å². The lowest BCUT2D eigenvalue weighted by Crippen LogP contribution is -2.49. The molecule has 0 aliphatic carbocycles. The van der Waals surface area contributed by atoms with E-state index in [9.17, 15) is 0 Å². The van der Waals surface area contributed by atoms with Crippen LogP contribution in [0.15, 0.2) is 27.0 Å². The van der Waals surface area contributed by atoms with Gasteiger partial charge >= 0.3 is 0 Å². The summed E-state index contributed by atoms with van der Waals surface area (Å²) in [7, 11) is 1.83. The lowest BCUT2D eigenvalue weighted by Gasteiger charge is -2.33. The molecule has 2 aromatic rings. The number of nitrogens with one attached hydrogen (secondary N) is 2. The molecule has 1 fully saturated rings. The van der Waals surface area contributed by atoms with Crippen molar-refractivity contribution in [3.05, 3.63) is 34.5 Å². The molecule has 6 nitrogen and oxygen atoms in total. The third-order valence-corrected chi connectivity index (χ3v) is 5.96. The van der Waals surface area contributed by atoms with Gasteiger partial charge in [-0.3, -0.25) is 4.99 Å². The minimum absolute atomic E-state index is 0.320. The lowest BCUT2D eigenvalue weighted by molar-refractivity contribution is 0.391. The second kappa shape index (κ2) is 8.58. The minimum Gasteiger partial charge on any atom is -0.363 e. The van der Waals surface area contributed by atoms with Gasteiger partial charge in [-0.2, -0.15) is 0 Å². The van der Waals surface area contributed by atoms with E-state index in [1.165, 1.54) is 10.6 Å². The van der Waals surface area contributed by atoms with E-state index in [4.69, 9.17) is 4.52 Å². The quantitative estimate of drug-likeness (QED) is 0.620. The zero-order chi connectivity index (χ0) is 18.5. The van der Waals surface area contributed by atoms with Crippen molar-refractivity contribution in [3.8, 4) is 0 Å². The largest absolute Gasteiger partial charge is 0.363 e. The van der Waals surface area contributed by atoms with Gasteiger partial charge in [0.1, 0.15) is 5.76 Å². The Morgan fingerprint density at radius 2 is 2.19 bits per heavy atom. The number of aryl methyl sites for hydroxylation is 2. The Morgan fingerprint density at radius 1 is 1.42 bits per heavy atom. The molecule has 0 amide bonds. The topological polar surface area (TPSA) is 65.7 Å². The molecule has 0 spiro atoms. The molecule has 2 N–H and O–H groups in total. The van der Waals surface area contributed by atoms with Crippen molar-refractivity contribution in [2.45, 2.75) is 45.6 Å². The van der Waals surface area contributed by atoms with Crippen LogP contribution in [0.2, 0.25) is 0 Å². The number of nitrogens with zero attached hydrogens (tertiary/aromatic N) is 3. The van der Waals surface area contributed by atoms with Gasteiger partial charge in [0.25, 0.3) is 0 Å². The van der Waals surface area contributed by atoms with Gasteiger partial charge in [-0.1, -0.05) is 12.1 Å². The third kappa shape index (κ3) is 4.38. The van der Waals surface area contributed by atoms with Crippen LogP contribution in [0, 0.1) is 13.8 Å². The summed E-state index contributed by atoms with van der Waals surface area (Å²) in [6.07, 6.45) is 2.25. The van der Waals surface area contributed by atoms with Crippen LogP contribution in [0.3, 0.4) is 0 Å². The van der Waals surface area contributed by atoms with Crippen molar-refractivity contribution in [3.63, 3.8) is 0 Å². The second-order valence-corrected chi connectivity index (χ2v) is 7.88. The summed E-state index contributed by atoms with van der Waals surface area (Å²) in [5.41, 5.74) is 2.16.